The van der Waals surface area contributed by atoms with E-state index in [-0.39, 0.29) is 11.3 Å². The van der Waals surface area contributed by atoms with Crippen LogP contribution in [0.1, 0.15) is 28.9 Å². The molecule has 2 aromatic carbocycles. The molecule has 0 saturated carbocycles. The van der Waals surface area contributed by atoms with Crippen LogP contribution < -0.4 is 9.47 Å². The van der Waals surface area contributed by atoms with Crippen LogP contribution in [0.5, 0.6) is 11.5 Å². The number of aromatic amines is 1. The molecule has 1 amide bonds. The average Bonchev–Trinajstić information content (AvgIpc) is 3.30. The maximum atomic E-state index is 13.0. The highest BCUT2D eigenvalue weighted by atomic mass is 16.5. The number of piperidine rings is 1. The maximum Gasteiger partial charge on any atom is 0.270 e. The Morgan fingerprint density at radius 1 is 1.15 bits per heavy atom. The summed E-state index contributed by atoms with van der Waals surface area (Å²) < 4.78 is 11.2. The third-order valence-corrected chi connectivity index (χ3v) is 6.03. The molecule has 5 rings (SSSR count). The molecular weight excluding hydrogens is 340 g/mol. The summed E-state index contributed by atoms with van der Waals surface area (Å²) in [5.41, 5.74) is 2.94. The Labute approximate surface area is 157 Å². The van der Waals surface area contributed by atoms with Crippen molar-refractivity contribution in [1.82, 2.24) is 9.88 Å². The highest BCUT2D eigenvalue weighted by Crippen LogP contribution is 2.45. The number of aromatic nitrogens is 1. The minimum atomic E-state index is 0.0567. The Bertz CT molecular complexity index is 1020. The zero-order chi connectivity index (χ0) is 18.4. The fourth-order valence-corrected chi connectivity index (χ4v) is 4.40. The van der Waals surface area contributed by atoms with Crippen LogP contribution >= 0.6 is 0 Å². The SMILES string of the molecule is COc1ccc2[nH]c(C(=O)N3CCC4(CC3)COc3ccccc34)cc2c1. The van der Waals surface area contributed by atoms with Gasteiger partial charge in [0.25, 0.3) is 5.91 Å². The van der Waals surface area contributed by atoms with Gasteiger partial charge in [0, 0.05) is 35.0 Å². The lowest BCUT2D eigenvalue weighted by atomic mass is 9.74. The number of methoxy groups -OCH3 is 1. The smallest absolute Gasteiger partial charge is 0.270 e. The number of nitrogens with one attached hydrogen (secondary N) is 1. The van der Waals surface area contributed by atoms with Gasteiger partial charge < -0.3 is 19.4 Å². The Kier molecular flexibility index (Phi) is 3.64. The minimum absolute atomic E-state index is 0.0567. The topological polar surface area (TPSA) is 54.6 Å². The summed E-state index contributed by atoms with van der Waals surface area (Å²) in [6.45, 7) is 2.21. The standard InChI is InChI=1S/C22H22N2O3/c1-26-16-6-7-18-15(12-16)13-19(23-18)21(25)24-10-8-22(9-11-24)14-27-20-5-3-2-4-17(20)22/h2-7,12-13,23H,8-11,14H2,1H3. The molecule has 0 unspecified atom stereocenters. The first kappa shape index (κ1) is 16.2. The number of para-hydroxylation sites is 1. The van der Waals surface area contributed by atoms with E-state index < -0.39 is 0 Å². The Hall–Kier alpha value is -2.95. The molecule has 0 aliphatic carbocycles. The van der Waals surface area contributed by atoms with Gasteiger partial charge in [-0.1, -0.05) is 18.2 Å². The molecule has 1 saturated heterocycles. The van der Waals surface area contributed by atoms with E-state index in [1.807, 2.05) is 41.3 Å². The molecule has 1 fully saturated rings. The van der Waals surface area contributed by atoms with Gasteiger partial charge in [0.2, 0.25) is 0 Å². The molecule has 1 spiro atoms. The summed E-state index contributed by atoms with van der Waals surface area (Å²) in [6.07, 6.45) is 1.87. The Balaban J connectivity index is 1.35. The van der Waals surface area contributed by atoms with Crippen molar-refractivity contribution in [1.29, 1.82) is 0 Å². The van der Waals surface area contributed by atoms with Crippen molar-refractivity contribution in [3.05, 3.63) is 59.8 Å². The fraction of sp³-hybridized carbons (Fsp3) is 0.318. The molecule has 1 aromatic heterocycles. The summed E-state index contributed by atoms with van der Waals surface area (Å²) in [7, 11) is 1.65. The number of carbonyl (C=O) groups excluding carboxylic acids is 1. The van der Waals surface area contributed by atoms with Crippen LogP contribution in [0.4, 0.5) is 0 Å². The quantitative estimate of drug-likeness (QED) is 0.755. The lowest BCUT2D eigenvalue weighted by molar-refractivity contribution is 0.0642. The van der Waals surface area contributed by atoms with Crippen molar-refractivity contribution in [3.63, 3.8) is 0 Å². The third-order valence-electron chi connectivity index (χ3n) is 6.03. The zero-order valence-electron chi connectivity index (χ0n) is 15.3. The molecule has 27 heavy (non-hydrogen) atoms. The normalized spacial score (nSPS) is 17.7. The third kappa shape index (κ3) is 2.57. The summed E-state index contributed by atoms with van der Waals surface area (Å²) in [6, 6.07) is 16.0. The number of nitrogens with zero attached hydrogens (tertiary/aromatic N) is 1. The first-order valence-electron chi connectivity index (χ1n) is 9.37. The predicted molar refractivity (Wildman–Crippen MR) is 104 cm³/mol. The molecule has 3 heterocycles. The van der Waals surface area contributed by atoms with E-state index in [1.54, 1.807) is 7.11 Å². The second-order valence-corrected chi connectivity index (χ2v) is 7.49. The maximum absolute atomic E-state index is 13.0. The molecule has 5 heteroatoms. The Morgan fingerprint density at radius 2 is 1.96 bits per heavy atom. The number of carbonyl (C=O) groups is 1. The number of H-pyrrole nitrogens is 1. The van der Waals surface area contributed by atoms with Gasteiger partial charge in [0.1, 0.15) is 17.2 Å². The molecule has 2 aliphatic heterocycles. The molecule has 5 nitrogen and oxygen atoms in total. The highest BCUT2D eigenvalue weighted by molar-refractivity contribution is 5.98. The summed E-state index contributed by atoms with van der Waals surface area (Å²) >= 11 is 0. The predicted octanol–water partition coefficient (Wildman–Crippen LogP) is 3.74. The van der Waals surface area contributed by atoms with Gasteiger partial charge in [-0.15, -0.1) is 0 Å². The van der Waals surface area contributed by atoms with Crippen molar-refractivity contribution < 1.29 is 14.3 Å². The minimum Gasteiger partial charge on any atom is -0.497 e. The van der Waals surface area contributed by atoms with Crippen LogP contribution in [0.15, 0.2) is 48.5 Å². The van der Waals surface area contributed by atoms with E-state index in [1.165, 1.54) is 5.56 Å². The summed E-state index contributed by atoms with van der Waals surface area (Å²) in [5, 5.41) is 0.990. The van der Waals surface area contributed by atoms with Crippen LogP contribution in [0, 0.1) is 0 Å². The second kappa shape index (κ2) is 6.05. The molecular formula is C22H22N2O3. The van der Waals surface area contributed by atoms with Gasteiger partial charge in [0.05, 0.1) is 13.7 Å². The van der Waals surface area contributed by atoms with Gasteiger partial charge in [-0.3, -0.25) is 4.79 Å². The van der Waals surface area contributed by atoms with Gasteiger partial charge in [-0.2, -0.15) is 0 Å². The first-order valence-corrected chi connectivity index (χ1v) is 9.37. The molecule has 1 N–H and O–H groups in total. The molecule has 0 radical (unpaired) electrons. The van der Waals surface area contributed by atoms with E-state index in [0.29, 0.717) is 5.69 Å². The largest absolute Gasteiger partial charge is 0.497 e. The van der Waals surface area contributed by atoms with Crippen molar-refractivity contribution >= 4 is 16.8 Å². The van der Waals surface area contributed by atoms with Crippen LogP contribution in [-0.4, -0.2) is 42.6 Å². The van der Waals surface area contributed by atoms with E-state index in [2.05, 4.69) is 17.1 Å². The molecule has 0 bridgehead atoms. The second-order valence-electron chi connectivity index (χ2n) is 7.49. The number of ether oxygens (including phenoxy) is 2. The van der Waals surface area contributed by atoms with E-state index in [0.717, 1.165) is 54.9 Å². The summed E-state index contributed by atoms with van der Waals surface area (Å²) in [4.78, 5) is 18.2. The monoisotopic (exact) mass is 362 g/mol. The van der Waals surface area contributed by atoms with E-state index in [4.69, 9.17) is 9.47 Å². The van der Waals surface area contributed by atoms with Crippen molar-refractivity contribution in [2.24, 2.45) is 0 Å². The van der Waals surface area contributed by atoms with Crippen LogP contribution in [0.25, 0.3) is 10.9 Å². The number of hydrogen-bond donors (Lipinski definition) is 1. The number of likely N-dealkylation sites (tertiary alicyclic amines) is 1. The zero-order valence-corrected chi connectivity index (χ0v) is 15.3. The number of benzene rings is 2. The molecule has 0 atom stereocenters. The first-order chi connectivity index (χ1) is 13.2. The van der Waals surface area contributed by atoms with Gasteiger partial charge in [0.15, 0.2) is 0 Å². The van der Waals surface area contributed by atoms with E-state index in [9.17, 15) is 4.79 Å². The van der Waals surface area contributed by atoms with Crippen LogP contribution in [0.3, 0.4) is 0 Å². The van der Waals surface area contributed by atoms with Crippen molar-refractivity contribution in [2.75, 3.05) is 26.8 Å². The van der Waals surface area contributed by atoms with Gasteiger partial charge >= 0.3 is 0 Å². The number of rotatable bonds is 2. The Morgan fingerprint density at radius 3 is 2.78 bits per heavy atom. The highest BCUT2D eigenvalue weighted by Gasteiger charge is 2.43. The molecule has 2 aliphatic rings. The van der Waals surface area contributed by atoms with E-state index >= 15 is 0 Å². The fourth-order valence-electron chi connectivity index (χ4n) is 4.40. The van der Waals surface area contributed by atoms with Crippen molar-refractivity contribution in [3.8, 4) is 11.5 Å². The molecule has 3 aromatic rings. The van der Waals surface area contributed by atoms with Crippen LogP contribution in [-0.2, 0) is 5.41 Å². The number of fused-ring (bicyclic) bond motifs is 3. The van der Waals surface area contributed by atoms with Gasteiger partial charge in [-0.05, 0) is 43.2 Å². The number of hydrogen-bond acceptors (Lipinski definition) is 3. The number of amides is 1. The molecule has 138 valence electrons. The lowest BCUT2D eigenvalue weighted by Crippen LogP contribution is -2.46. The van der Waals surface area contributed by atoms with Gasteiger partial charge in [-0.25, -0.2) is 0 Å². The lowest BCUT2D eigenvalue weighted by Gasteiger charge is -2.38. The van der Waals surface area contributed by atoms with Crippen LogP contribution in [0.2, 0.25) is 0 Å². The summed E-state index contributed by atoms with van der Waals surface area (Å²) in [5.74, 6) is 1.86. The van der Waals surface area contributed by atoms with Crippen molar-refractivity contribution in [2.45, 2.75) is 18.3 Å². The average molecular weight is 362 g/mol.